The first-order valence-corrected chi connectivity index (χ1v) is 3.03. The molecule has 0 spiro atoms. The first-order chi connectivity index (χ1) is 5.06. The molecule has 0 aromatic rings. The van der Waals surface area contributed by atoms with Gasteiger partial charge in [-0.25, -0.2) is 0 Å². The van der Waals surface area contributed by atoms with Crippen LogP contribution >= 0.6 is 0 Å². The van der Waals surface area contributed by atoms with Gasteiger partial charge in [-0.3, -0.25) is 9.59 Å². The Kier molecular flexibility index (Phi) is 4.21. The van der Waals surface area contributed by atoms with Crippen LogP contribution in [-0.4, -0.2) is 35.4 Å². The maximum Gasteiger partial charge on any atom is 0.308 e. The van der Waals surface area contributed by atoms with Crippen LogP contribution in [0, 0.1) is 0 Å². The van der Waals surface area contributed by atoms with Crippen molar-refractivity contribution in [3.05, 3.63) is 0 Å². The molecule has 1 atom stereocenters. The van der Waals surface area contributed by atoms with Crippen molar-refractivity contribution in [3.63, 3.8) is 0 Å². The summed E-state index contributed by atoms with van der Waals surface area (Å²) >= 11 is 0. The minimum atomic E-state index is -1.15. The second kappa shape index (κ2) is 4.68. The minimum Gasteiger partial charge on any atom is -0.481 e. The van der Waals surface area contributed by atoms with E-state index in [-0.39, 0.29) is 6.42 Å². The lowest BCUT2D eigenvalue weighted by Crippen LogP contribution is -2.18. The number of ether oxygens (including phenoxy) is 1. The molecule has 11 heavy (non-hydrogen) atoms. The van der Waals surface area contributed by atoms with Gasteiger partial charge in [0, 0.05) is 0 Å². The highest BCUT2D eigenvalue weighted by Crippen LogP contribution is 1.98. The highest BCUT2D eigenvalue weighted by Gasteiger charge is 2.13. The number of aliphatic hydroxyl groups excluding tert-OH is 1. The highest BCUT2D eigenvalue weighted by molar-refractivity contribution is 5.72. The molecule has 0 radical (unpaired) electrons. The summed E-state index contributed by atoms with van der Waals surface area (Å²) in [6.07, 6.45) is -1.86. The molecule has 0 heterocycles. The van der Waals surface area contributed by atoms with Gasteiger partial charge in [-0.15, -0.1) is 0 Å². The Bertz CT molecular complexity index is 153. The Labute approximate surface area is 63.6 Å². The number of carbonyl (C=O) groups is 2. The molecule has 0 bridgehead atoms. The molecule has 0 aromatic heterocycles. The number of rotatable bonds is 4. The summed E-state index contributed by atoms with van der Waals surface area (Å²) in [7, 11) is 1.18. The summed E-state index contributed by atoms with van der Waals surface area (Å²) in [5.74, 6) is -1.75. The quantitative estimate of drug-likeness (QED) is 0.538. The second-order valence-electron chi connectivity index (χ2n) is 2.03. The zero-order valence-electron chi connectivity index (χ0n) is 6.11. The Balaban J connectivity index is 3.60. The molecule has 0 unspecified atom stereocenters. The van der Waals surface area contributed by atoms with Crippen LogP contribution in [0.15, 0.2) is 0 Å². The third-order valence-electron chi connectivity index (χ3n) is 1.04. The van der Waals surface area contributed by atoms with E-state index in [0.29, 0.717) is 0 Å². The van der Waals surface area contributed by atoms with E-state index in [9.17, 15) is 9.59 Å². The average molecular weight is 162 g/mol. The second-order valence-corrected chi connectivity index (χ2v) is 2.03. The van der Waals surface area contributed by atoms with Crippen molar-refractivity contribution in [2.24, 2.45) is 0 Å². The van der Waals surface area contributed by atoms with Crippen LogP contribution in [0.5, 0.6) is 0 Å². The fourth-order valence-corrected chi connectivity index (χ4v) is 0.549. The lowest BCUT2D eigenvalue weighted by molar-refractivity contribution is -0.144. The van der Waals surface area contributed by atoms with Crippen molar-refractivity contribution in [1.29, 1.82) is 0 Å². The molecule has 0 aliphatic heterocycles. The van der Waals surface area contributed by atoms with Crippen molar-refractivity contribution in [2.45, 2.75) is 18.9 Å². The van der Waals surface area contributed by atoms with Crippen molar-refractivity contribution < 1.29 is 24.5 Å². The van der Waals surface area contributed by atoms with Crippen molar-refractivity contribution >= 4 is 11.9 Å². The van der Waals surface area contributed by atoms with Gasteiger partial charge in [-0.05, 0) is 0 Å². The van der Waals surface area contributed by atoms with Crippen LogP contribution in [0.1, 0.15) is 12.8 Å². The molecule has 5 heteroatoms. The van der Waals surface area contributed by atoms with E-state index in [1.54, 1.807) is 0 Å². The summed E-state index contributed by atoms with van der Waals surface area (Å²) in [5, 5.41) is 17.0. The van der Waals surface area contributed by atoms with Crippen molar-refractivity contribution in [3.8, 4) is 0 Å². The van der Waals surface area contributed by atoms with Gasteiger partial charge >= 0.3 is 11.9 Å². The lowest BCUT2D eigenvalue weighted by Gasteiger charge is -2.04. The summed E-state index contributed by atoms with van der Waals surface area (Å²) < 4.78 is 4.21. The normalized spacial score (nSPS) is 12.2. The largest absolute Gasteiger partial charge is 0.481 e. The summed E-state index contributed by atoms with van der Waals surface area (Å²) in [4.78, 5) is 20.4. The number of carboxylic acids is 1. The fraction of sp³-hybridized carbons (Fsp3) is 0.667. The topological polar surface area (TPSA) is 83.8 Å². The molecular formula is C6H10O5. The van der Waals surface area contributed by atoms with Crippen LogP contribution in [0.3, 0.4) is 0 Å². The standard InChI is InChI=1S/C6H10O5/c1-11-6(10)3-4(7)2-5(8)9/h4,7H,2-3H2,1H3,(H,8,9)/t4-/m0/s1. The molecule has 0 fully saturated rings. The van der Waals surface area contributed by atoms with Gasteiger partial charge in [0.25, 0.3) is 0 Å². The smallest absolute Gasteiger partial charge is 0.308 e. The Morgan fingerprint density at radius 1 is 1.45 bits per heavy atom. The SMILES string of the molecule is COC(=O)C[C@@H](O)CC(=O)O. The van der Waals surface area contributed by atoms with E-state index < -0.39 is 24.5 Å². The van der Waals surface area contributed by atoms with E-state index in [1.165, 1.54) is 7.11 Å². The lowest BCUT2D eigenvalue weighted by atomic mass is 10.2. The van der Waals surface area contributed by atoms with Crippen molar-refractivity contribution in [1.82, 2.24) is 0 Å². The molecule has 0 saturated carbocycles. The predicted molar refractivity (Wildman–Crippen MR) is 34.9 cm³/mol. The fourth-order valence-electron chi connectivity index (χ4n) is 0.549. The van der Waals surface area contributed by atoms with E-state index in [0.717, 1.165) is 0 Å². The maximum atomic E-state index is 10.4. The van der Waals surface area contributed by atoms with Gasteiger partial charge in [0.15, 0.2) is 0 Å². The van der Waals surface area contributed by atoms with Gasteiger partial charge in [-0.1, -0.05) is 0 Å². The molecule has 0 amide bonds. The van der Waals surface area contributed by atoms with Gasteiger partial charge in [0.05, 0.1) is 26.1 Å². The third kappa shape index (κ3) is 5.35. The molecule has 2 N–H and O–H groups in total. The highest BCUT2D eigenvalue weighted by atomic mass is 16.5. The van der Waals surface area contributed by atoms with Crippen LogP contribution in [0.25, 0.3) is 0 Å². The maximum absolute atomic E-state index is 10.4. The van der Waals surface area contributed by atoms with Crippen LogP contribution in [-0.2, 0) is 14.3 Å². The van der Waals surface area contributed by atoms with Gasteiger partial charge < -0.3 is 14.9 Å². The van der Waals surface area contributed by atoms with Crippen LogP contribution in [0.2, 0.25) is 0 Å². The molecular weight excluding hydrogens is 152 g/mol. The zero-order valence-corrected chi connectivity index (χ0v) is 6.11. The van der Waals surface area contributed by atoms with Crippen LogP contribution < -0.4 is 0 Å². The summed E-state index contributed by atoms with van der Waals surface area (Å²) in [6, 6.07) is 0. The Morgan fingerprint density at radius 2 is 2.00 bits per heavy atom. The van der Waals surface area contributed by atoms with E-state index in [2.05, 4.69) is 4.74 Å². The van der Waals surface area contributed by atoms with Crippen LogP contribution in [0.4, 0.5) is 0 Å². The van der Waals surface area contributed by atoms with E-state index in [4.69, 9.17) is 10.2 Å². The number of esters is 1. The molecule has 5 nitrogen and oxygen atoms in total. The van der Waals surface area contributed by atoms with E-state index in [1.807, 2.05) is 0 Å². The monoisotopic (exact) mass is 162 g/mol. The molecule has 0 saturated heterocycles. The predicted octanol–water partition coefficient (Wildman–Crippen LogP) is -0.615. The first kappa shape index (κ1) is 9.90. The molecule has 0 aromatic carbocycles. The number of hydrogen-bond acceptors (Lipinski definition) is 4. The van der Waals surface area contributed by atoms with Gasteiger partial charge in [-0.2, -0.15) is 0 Å². The van der Waals surface area contributed by atoms with Gasteiger partial charge in [0.2, 0.25) is 0 Å². The minimum absolute atomic E-state index is 0.275. The van der Waals surface area contributed by atoms with Crippen molar-refractivity contribution in [2.75, 3.05) is 7.11 Å². The number of aliphatic carboxylic acids is 1. The van der Waals surface area contributed by atoms with Gasteiger partial charge in [0.1, 0.15) is 0 Å². The van der Waals surface area contributed by atoms with E-state index >= 15 is 0 Å². The molecule has 0 aliphatic carbocycles. The summed E-state index contributed by atoms with van der Waals surface area (Å²) in [6.45, 7) is 0. The average Bonchev–Trinajstić information content (AvgIpc) is 1.85. The number of methoxy groups -OCH3 is 1. The summed E-state index contributed by atoms with van der Waals surface area (Å²) in [5.41, 5.74) is 0. The Morgan fingerprint density at radius 3 is 2.36 bits per heavy atom. The third-order valence-corrected chi connectivity index (χ3v) is 1.04. The number of carbonyl (C=O) groups excluding carboxylic acids is 1. The zero-order chi connectivity index (χ0) is 8.85. The molecule has 0 rings (SSSR count). The first-order valence-electron chi connectivity index (χ1n) is 3.03. The number of aliphatic hydroxyl groups is 1. The molecule has 64 valence electrons. The number of hydrogen-bond donors (Lipinski definition) is 2. The Hall–Kier alpha value is -1.10. The number of carboxylic acid groups (broad SMARTS) is 1. The molecule has 0 aliphatic rings.